The average Bonchev–Trinajstić information content (AvgIpc) is 3.35. The maximum Gasteiger partial charge on any atom is 0.344 e. The molecule has 1 saturated heterocycles. The van der Waals surface area contributed by atoms with Crippen molar-refractivity contribution in [1.29, 1.82) is 0 Å². The summed E-state index contributed by atoms with van der Waals surface area (Å²) in [5.74, 6) is -0.491. The van der Waals surface area contributed by atoms with Gasteiger partial charge in [-0.3, -0.25) is 19.8 Å². The van der Waals surface area contributed by atoms with E-state index in [0.717, 1.165) is 0 Å². The molecule has 0 unspecified atom stereocenters. The first-order chi connectivity index (χ1) is 15.3. The third kappa shape index (κ3) is 3.75. The molecule has 0 aliphatic carbocycles. The quantitative estimate of drug-likeness (QED) is 0.562. The number of imide groups is 1. The van der Waals surface area contributed by atoms with E-state index in [4.69, 9.17) is 14.2 Å². The number of rotatable bonds is 6. The topological polar surface area (TPSA) is 135 Å². The predicted molar refractivity (Wildman–Crippen MR) is 109 cm³/mol. The Morgan fingerprint density at radius 2 is 1.94 bits per heavy atom. The molecule has 2 aliphatic rings. The van der Waals surface area contributed by atoms with Crippen molar-refractivity contribution in [3.05, 3.63) is 53.6 Å². The molecular formula is C21H20N4O7. The lowest BCUT2D eigenvalue weighted by molar-refractivity contribution is -0.138. The van der Waals surface area contributed by atoms with Gasteiger partial charge in [-0.25, -0.2) is 4.79 Å². The van der Waals surface area contributed by atoms with Gasteiger partial charge in [0.05, 0.1) is 13.7 Å². The third-order valence-corrected chi connectivity index (χ3v) is 5.12. The molecule has 5 amide bonds. The summed E-state index contributed by atoms with van der Waals surface area (Å²) < 4.78 is 15.6. The van der Waals surface area contributed by atoms with E-state index in [2.05, 4.69) is 16.1 Å². The highest BCUT2D eigenvalue weighted by molar-refractivity contribution is 6.08. The van der Waals surface area contributed by atoms with Crippen molar-refractivity contribution in [2.75, 3.05) is 20.4 Å². The molecule has 1 atom stereocenters. The molecule has 0 spiro atoms. The number of benzene rings is 2. The number of hydrazine groups is 1. The fourth-order valence-corrected chi connectivity index (χ4v) is 3.33. The van der Waals surface area contributed by atoms with E-state index in [0.29, 0.717) is 27.8 Å². The number of hydrogen-bond acceptors (Lipinski definition) is 7. The van der Waals surface area contributed by atoms with E-state index in [1.807, 2.05) is 0 Å². The van der Waals surface area contributed by atoms with Crippen LogP contribution in [0.3, 0.4) is 0 Å². The number of hydrogen-bond donors (Lipinski definition) is 3. The van der Waals surface area contributed by atoms with Crippen LogP contribution in [0.1, 0.15) is 22.8 Å². The Labute approximate surface area is 182 Å². The van der Waals surface area contributed by atoms with Crippen LogP contribution in [0.5, 0.6) is 17.2 Å². The van der Waals surface area contributed by atoms with Gasteiger partial charge in [-0.15, -0.1) is 0 Å². The molecular weight excluding hydrogens is 420 g/mol. The summed E-state index contributed by atoms with van der Waals surface area (Å²) in [6.07, 6.45) is 0. The number of urea groups is 1. The minimum absolute atomic E-state index is 0.0728. The van der Waals surface area contributed by atoms with Gasteiger partial charge >= 0.3 is 6.03 Å². The lowest BCUT2D eigenvalue weighted by Crippen LogP contribution is -2.50. The molecule has 4 rings (SSSR count). The zero-order chi connectivity index (χ0) is 22.9. The molecule has 0 radical (unpaired) electrons. The van der Waals surface area contributed by atoms with Crippen molar-refractivity contribution in [1.82, 2.24) is 21.1 Å². The van der Waals surface area contributed by atoms with Crippen LogP contribution < -0.4 is 30.3 Å². The molecule has 3 N–H and O–H groups in total. The van der Waals surface area contributed by atoms with Crippen molar-refractivity contribution in [2.45, 2.75) is 12.5 Å². The molecule has 166 valence electrons. The van der Waals surface area contributed by atoms with Crippen molar-refractivity contribution in [3.63, 3.8) is 0 Å². The fourth-order valence-electron chi connectivity index (χ4n) is 3.33. The maximum atomic E-state index is 12.9. The molecule has 32 heavy (non-hydrogen) atoms. The highest BCUT2D eigenvalue weighted by Crippen LogP contribution is 2.32. The van der Waals surface area contributed by atoms with Gasteiger partial charge in [0.1, 0.15) is 11.3 Å². The van der Waals surface area contributed by atoms with Crippen molar-refractivity contribution in [3.8, 4) is 17.2 Å². The lowest BCUT2D eigenvalue weighted by Gasteiger charge is -2.22. The number of fused-ring (bicyclic) bond motifs is 1. The Hall–Kier alpha value is -4.28. The monoisotopic (exact) mass is 440 g/mol. The van der Waals surface area contributed by atoms with Gasteiger partial charge in [-0.1, -0.05) is 12.1 Å². The zero-order valence-electron chi connectivity index (χ0n) is 17.3. The first kappa shape index (κ1) is 21.0. The molecule has 0 saturated carbocycles. The molecule has 2 aliphatic heterocycles. The van der Waals surface area contributed by atoms with Gasteiger partial charge in [0.2, 0.25) is 6.79 Å². The van der Waals surface area contributed by atoms with Crippen molar-refractivity contribution < 1.29 is 33.4 Å². The number of amides is 5. The summed E-state index contributed by atoms with van der Waals surface area (Å²) in [6.45, 7) is 1.14. The highest BCUT2D eigenvalue weighted by Gasteiger charge is 2.50. The van der Waals surface area contributed by atoms with E-state index in [1.54, 1.807) is 30.3 Å². The molecule has 2 aromatic rings. The van der Waals surface area contributed by atoms with Crippen LogP contribution in [0.2, 0.25) is 0 Å². The maximum absolute atomic E-state index is 12.9. The van der Waals surface area contributed by atoms with Crippen LogP contribution in [0, 0.1) is 0 Å². The molecule has 2 aromatic carbocycles. The zero-order valence-corrected chi connectivity index (χ0v) is 17.3. The van der Waals surface area contributed by atoms with Gasteiger partial charge in [0.15, 0.2) is 11.5 Å². The second-order valence-electron chi connectivity index (χ2n) is 7.21. The Kier molecular flexibility index (Phi) is 5.31. The van der Waals surface area contributed by atoms with Gasteiger partial charge in [0, 0.05) is 5.56 Å². The smallest absolute Gasteiger partial charge is 0.344 e. The molecule has 0 bridgehead atoms. The first-order valence-electron chi connectivity index (χ1n) is 9.60. The second-order valence-corrected chi connectivity index (χ2v) is 7.21. The van der Waals surface area contributed by atoms with Gasteiger partial charge in [-0.05, 0) is 42.8 Å². The fraction of sp³-hybridized carbons (Fsp3) is 0.238. The number of nitrogens with one attached hydrogen (secondary N) is 3. The Balaban J connectivity index is 1.38. The first-order valence-corrected chi connectivity index (χ1v) is 9.60. The average molecular weight is 440 g/mol. The van der Waals surface area contributed by atoms with E-state index in [9.17, 15) is 19.2 Å². The van der Waals surface area contributed by atoms with Crippen LogP contribution in [-0.2, 0) is 15.1 Å². The Morgan fingerprint density at radius 1 is 1.16 bits per heavy atom. The molecule has 11 nitrogen and oxygen atoms in total. The summed E-state index contributed by atoms with van der Waals surface area (Å²) in [5.41, 5.74) is 1.58. The lowest BCUT2D eigenvalue weighted by atomic mass is 9.92. The predicted octanol–water partition coefficient (Wildman–Crippen LogP) is 0.652. The van der Waals surface area contributed by atoms with Crippen LogP contribution in [-0.4, -0.2) is 49.2 Å². The number of methoxy groups -OCH3 is 1. The summed E-state index contributed by atoms with van der Waals surface area (Å²) in [6, 6.07) is 10.5. The molecule has 1 fully saturated rings. The van der Waals surface area contributed by atoms with Crippen LogP contribution in [0.15, 0.2) is 42.5 Å². The molecule has 11 heteroatoms. The summed E-state index contributed by atoms with van der Waals surface area (Å²) in [7, 11) is 1.49. The van der Waals surface area contributed by atoms with Gasteiger partial charge in [0.25, 0.3) is 17.7 Å². The SMILES string of the molecule is COc1cccc([C@@]2(C)NC(=O)N(NC(=O)CNC(=O)c3ccc4c(c3)OCO4)C2=O)c1. The van der Waals surface area contributed by atoms with E-state index >= 15 is 0 Å². The summed E-state index contributed by atoms with van der Waals surface area (Å²) in [5, 5.41) is 5.59. The van der Waals surface area contributed by atoms with Crippen LogP contribution in [0.25, 0.3) is 0 Å². The standard InChI is InChI=1S/C21H20N4O7/c1-21(13-4-3-5-14(9-13)30-2)19(28)25(20(29)23-21)24-17(26)10-22-18(27)12-6-7-15-16(8-12)32-11-31-15/h3-9H,10-11H2,1-2H3,(H,22,27)(H,23,29)(H,24,26)/t21-/m1/s1. The summed E-state index contributed by atoms with van der Waals surface area (Å²) >= 11 is 0. The number of nitrogens with zero attached hydrogens (tertiary/aromatic N) is 1. The van der Waals surface area contributed by atoms with Crippen molar-refractivity contribution in [2.24, 2.45) is 0 Å². The van der Waals surface area contributed by atoms with Crippen LogP contribution in [0.4, 0.5) is 4.79 Å². The number of carbonyl (C=O) groups excluding carboxylic acids is 4. The van der Waals surface area contributed by atoms with E-state index < -0.39 is 35.8 Å². The largest absolute Gasteiger partial charge is 0.497 e. The van der Waals surface area contributed by atoms with Crippen molar-refractivity contribution >= 4 is 23.8 Å². The highest BCUT2D eigenvalue weighted by atomic mass is 16.7. The second kappa shape index (κ2) is 8.10. The van der Waals surface area contributed by atoms with E-state index in [1.165, 1.54) is 26.2 Å². The normalized spacial score (nSPS) is 18.9. The molecule has 0 aromatic heterocycles. The molecule has 2 heterocycles. The third-order valence-electron chi connectivity index (χ3n) is 5.12. The Morgan fingerprint density at radius 3 is 2.72 bits per heavy atom. The minimum Gasteiger partial charge on any atom is -0.497 e. The van der Waals surface area contributed by atoms with Crippen LogP contribution >= 0.6 is 0 Å². The number of carbonyl (C=O) groups is 4. The number of ether oxygens (including phenoxy) is 3. The summed E-state index contributed by atoms with van der Waals surface area (Å²) in [4.78, 5) is 49.9. The van der Waals surface area contributed by atoms with E-state index in [-0.39, 0.29) is 12.4 Å². The Bertz CT molecular complexity index is 1120. The van der Waals surface area contributed by atoms with Gasteiger partial charge in [-0.2, -0.15) is 5.01 Å². The van der Waals surface area contributed by atoms with Gasteiger partial charge < -0.3 is 24.8 Å². The minimum atomic E-state index is -1.39.